The molecule has 6 nitrogen and oxygen atoms in total. The summed E-state index contributed by atoms with van der Waals surface area (Å²) in [7, 11) is 0. The van der Waals surface area contributed by atoms with Gasteiger partial charge in [0.05, 0.1) is 6.20 Å². The lowest BCUT2D eigenvalue weighted by Gasteiger charge is -2.21. The molecule has 2 aliphatic rings. The van der Waals surface area contributed by atoms with Gasteiger partial charge in [0.2, 0.25) is 17.1 Å². The highest BCUT2D eigenvalue weighted by atomic mass is 35.5. The highest BCUT2D eigenvalue weighted by Gasteiger charge is 2.55. The number of rotatable bonds is 6. The van der Waals surface area contributed by atoms with Gasteiger partial charge in [-0.05, 0) is 59.5 Å². The molecule has 1 N–H and O–H groups in total. The van der Waals surface area contributed by atoms with E-state index in [1.54, 1.807) is 12.1 Å². The molecule has 2 fully saturated rings. The van der Waals surface area contributed by atoms with Crippen molar-refractivity contribution in [3.05, 3.63) is 53.2 Å². The second-order valence-electron chi connectivity index (χ2n) is 7.03. The molecule has 2 aromatic heterocycles. The largest absolute Gasteiger partial charge is 0.353 e. The van der Waals surface area contributed by atoms with Gasteiger partial charge in [0.15, 0.2) is 11.6 Å². The molecular formula is C19H18ClF2N5O. The Hall–Kier alpha value is -2.61. The van der Waals surface area contributed by atoms with Gasteiger partial charge in [-0.25, -0.2) is 14.4 Å². The summed E-state index contributed by atoms with van der Waals surface area (Å²) in [6, 6.07) is 2.80. The molecule has 1 saturated heterocycles. The van der Waals surface area contributed by atoms with Crippen molar-refractivity contribution in [2.75, 3.05) is 24.5 Å². The predicted octanol–water partition coefficient (Wildman–Crippen LogP) is 2.71. The Morgan fingerprint density at radius 1 is 1.25 bits per heavy atom. The summed E-state index contributed by atoms with van der Waals surface area (Å²) in [6.45, 7) is 2.06. The summed E-state index contributed by atoms with van der Waals surface area (Å²) in [6.07, 6.45) is 6.34. The Labute approximate surface area is 165 Å². The van der Waals surface area contributed by atoms with Crippen molar-refractivity contribution < 1.29 is 13.6 Å². The van der Waals surface area contributed by atoms with E-state index in [1.165, 1.54) is 18.3 Å². The van der Waals surface area contributed by atoms with Gasteiger partial charge in [-0.1, -0.05) is 0 Å². The second kappa shape index (κ2) is 7.79. The number of nitrogens with one attached hydrogen (secondary N) is 1. The predicted molar refractivity (Wildman–Crippen MR) is 101 cm³/mol. The van der Waals surface area contributed by atoms with E-state index in [-0.39, 0.29) is 17.0 Å². The molecule has 1 amide bonds. The third kappa shape index (κ3) is 4.11. The van der Waals surface area contributed by atoms with Crippen LogP contribution in [0.25, 0.3) is 6.08 Å². The minimum Gasteiger partial charge on any atom is -0.353 e. The molecule has 1 saturated carbocycles. The van der Waals surface area contributed by atoms with Crippen LogP contribution < -0.4 is 10.2 Å². The first-order valence-corrected chi connectivity index (χ1v) is 9.39. The van der Waals surface area contributed by atoms with Gasteiger partial charge in [0, 0.05) is 31.9 Å². The van der Waals surface area contributed by atoms with Crippen molar-refractivity contribution in [2.24, 2.45) is 17.8 Å². The van der Waals surface area contributed by atoms with Crippen LogP contribution in [0.5, 0.6) is 0 Å². The molecule has 2 atom stereocenters. The van der Waals surface area contributed by atoms with E-state index in [2.05, 4.69) is 20.3 Å². The van der Waals surface area contributed by atoms with Crippen LogP contribution in [-0.4, -0.2) is 40.5 Å². The van der Waals surface area contributed by atoms with Crippen molar-refractivity contribution in [3.63, 3.8) is 0 Å². The number of nitrogens with zero attached hydrogens (tertiary/aromatic N) is 4. The molecular weight excluding hydrogens is 388 g/mol. The van der Waals surface area contributed by atoms with Crippen molar-refractivity contribution in [1.82, 2.24) is 20.3 Å². The Bertz CT molecular complexity index is 896. The number of amides is 1. The van der Waals surface area contributed by atoms with E-state index < -0.39 is 11.8 Å². The van der Waals surface area contributed by atoms with Gasteiger partial charge < -0.3 is 10.2 Å². The first kappa shape index (κ1) is 18.7. The fourth-order valence-electron chi connectivity index (χ4n) is 3.89. The van der Waals surface area contributed by atoms with Gasteiger partial charge in [0.1, 0.15) is 0 Å². The Morgan fingerprint density at radius 2 is 2.04 bits per heavy atom. The first-order chi connectivity index (χ1) is 13.5. The molecule has 2 unspecified atom stereocenters. The molecule has 1 aliphatic heterocycles. The summed E-state index contributed by atoms with van der Waals surface area (Å²) in [4.78, 5) is 24.9. The third-order valence-corrected chi connectivity index (χ3v) is 5.50. The lowest BCUT2D eigenvalue weighted by atomic mass is 10.2. The molecule has 2 aromatic rings. The third-order valence-electron chi connectivity index (χ3n) is 5.32. The second-order valence-corrected chi connectivity index (χ2v) is 7.37. The Balaban J connectivity index is 1.19. The first-order valence-electron chi connectivity index (χ1n) is 9.01. The molecule has 0 bridgehead atoms. The molecule has 9 heteroatoms. The van der Waals surface area contributed by atoms with Gasteiger partial charge in [0.25, 0.3) is 0 Å². The number of hydrogen-bond donors (Lipinski definition) is 1. The molecule has 4 rings (SSSR count). The van der Waals surface area contributed by atoms with E-state index in [4.69, 9.17) is 11.6 Å². The number of hydrogen-bond acceptors (Lipinski definition) is 5. The highest BCUT2D eigenvalue weighted by molar-refractivity contribution is 6.28. The van der Waals surface area contributed by atoms with E-state index in [0.717, 1.165) is 25.7 Å². The van der Waals surface area contributed by atoms with Gasteiger partial charge in [-0.2, -0.15) is 9.37 Å². The average Bonchev–Trinajstić information content (AvgIpc) is 3.12. The number of aromatic nitrogens is 3. The Kier molecular flexibility index (Phi) is 5.21. The van der Waals surface area contributed by atoms with Crippen LogP contribution >= 0.6 is 11.6 Å². The summed E-state index contributed by atoms with van der Waals surface area (Å²) in [5.74, 6) is 0.562. The lowest BCUT2D eigenvalue weighted by Crippen LogP contribution is -2.28. The maximum atomic E-state index is 13.9. The molecule has 0 radical (unpaired) electrons. The molecule has 1 aliphatic carbocycles. The van der Waals surface area contributed by atoms with Crippen molar-refractivity contribution in [2.45, 2.75) is 6.42 Å². The maximum absolute atomic E-state index is 13.9. The minimum absolute atomic E-state index is 0.0423. The van der Waals surface area contributed by atoms with Gasteiger partial charge >= 0.3 is 0 Å². The van der Waals surface area contributed by atoms with Crippen molar-refractivity contribution in [3.8, 4) is 0 Å². The summed E-state index contributed by atoms with van der Waals surface area (Å²) in [5, 5.41) is 2.89. The number of carbonyl (C=O) groups is 1. The molecule has 0 spiro atoms. The number of carbonyl (C=O) groups excluding carboxylic acids is 1. The van der Waals surface area contributed by atoms with Crippen molar-refractivity contribution >= 4 is 29.4 Å². The number of anilines is 1. The van der Waals surface area contributed by atoms with Gasteiger partial charge in [-0.15, -0.1) is 0 Å². The zero-order valence-corrected chi connectivity index (χ0v) is 15.6. The minimum atomic E-state index is -0.555. The number of halogens is 3. The molecule has 0 aromatic carbocycles. The van der Waals surface area contributed by atoms with Crippen LogP contribution in [0, 0.1) is 29.5 Å². The number of pyridine rings is 1. The molecule has 28 heavy (non-hydrogen) atoms. The van der Waals surface area contributed by atoms with Crippen LogP contribution in [-0.2, 0) is 4.79 Å². The number of fused-ring (bicyclic) bond motifs is 1. The van der Waals surface area contributed by atoms with Crippen LogP contribution in [0.15, 0.2) is 30.6 Å². The fraction of sp³-hybridized carbons (Fsp3) is 0.368. The smallest absolute Gasteiger partial charge is 0.244 e. The number of piperidine rings is 1. The van der Waals surface area contributed by atoms with E-state index in [0.29, 0.717) is 29.9 Å². The Morgan fingerprint density at radius 3 is 2.75 bits per heavy atom. The fourth-order valence-corrected chi connectivity index (χ4v) is 4.02. The standard InChI is InChI=1S/C19H18ClF2N5O/c20-19-25-8-15(21)18(26-19)27-9-13-12(14(13)10-27)5-6-23-17(28)4-2-11-1-3-16(22)24-7-11/h1-4,7-8,12-14H,5-6,9-10H2,(H,23,28)/b4-2+. The average molecular weight is 406 g/mol. The zero-order valence-electron chi connectivity index (χ0n) is 14.9. The molecule has 3 heterocycles. The monoisotopic (exact) mass is 405 g/mol. The van der Waals surface area contributed by atoms with Crippen LogP contribution in [0.3, 0.4) is 0 Å². The SMILES string of the molecule is O=C(/C=C/c1ccc(F)nc1)NCCC1C2CN(c3nc(Cl)ncc3F)CC12. The van der Waals surface area contributed by atoms with E-state index in [1.807, 2.05) is 4.90 Å². The summed E-state index contributed by atoms with van der Waals surface area (Å²) >= 11 is 5.76. The van der Waals surface area contributed by atoms with Crippen LogP contribution in [0.4, 0.5) is 14.6 Å². The van der Waals surface area contributed by atoms with Crippen LogP contribution in [0.1, 0.15) is 12.0 Å². The summed E-state index contributed by atoms with van der Waals surface area (Å²) < 4.78 is 26.6. The summed E-state index contributed by atoms with van der Waals surface area (Å²) in [5.41, 5.74) is 0.658. The quantitative estimate of drug-likeness (QED) is 0.454. The molecule has 146 valence electrons. The van der Waals surface area contributed by atoms with E-state index in [9.17, 15) is 13.6 Å². The van der Waals surface area contributed by atoms with Crippen molar-refractivity contribution in [1.29, 1.82) is 0 Å². The lowest BCUT2D eigenvalue weighted by molar-refractivity contribution is -0.116. The van der Waals surface area contributed by atoms with Crippen LogP contribution in [0.2, 0.25) is 5.28 Å². The highest BCUT2D eigenvalue weighted by Crippen LogP contribution is 2.54. The zero-order chi connectivity index (χ0) is 19.7. The normalized spacial score (nSPS) is 23.1. The topological polar surface area (TPSA) is 71.0 Å². The maximum Gasteiger partial charge on any atom is 0.244 e. The van der Waals surface area contributed by atoms with E-state index >= 15 is 0 Å². The van der Waals surface area contributed by atoms with Gasteiger partial charge in [-0.3, -0.25) is 4.79 Å².